The Hall–Kier alpha value is -4.46. The maximum atomic E-state index is 11.6. The number of carbonyl (C=O) groups is 2. The van der Waals surface area contributed by atoms with Crippen molar-refractivity contribution in [1.82, 2.24) is 10.2 Å². The van der Waals surface area contributed by atoms with Crippen molar-refractivity contribution in [3.63, 3.8) is 0 Å². The van der Waals surface area contributed by atoms with Crippen LogP contribution in [0.2, 0.25) is 0 Å². The fraction of sp³-hybridized carbons (Fsp3) is 0.0833. The summed E-state index contributed by atoms with van der Waals surface area (Å²) in [7, 11) is 0. The zero-order valence-corrected chi connectivity index (χ0v) is 17.3. The molecule has 1 heterocycles. The van der Waals surface area contributed by atoms with Crippen molar-refractivity contribution in [2.24, 2.45) is 0 Å². The van der Waals surface area contributed by atoms with Gasteiger partial charge in [-0.25, -0.2) is 9.59 Å². The summed E-state index contributed by atoms with van der Waals surface area (Å²) in [5.74, 6) is 0.364. The molecule has 0 spiro atoms. The topological polar surface area (TPSA) is 101 Å². The Kier molecular flexibility index (Phi) is 7.32. The van der Waals surface area contributed by atoms with Gasteiger partial charge in [0.05, 0.1) is 0 Å². The highest BCUT2D eigenvalue weighted by molar-refractivity contribution is 5.84. The molecular formula is C24H20N2O6. The quantitative estimate of drug-likeness (QED) is 0.210. The third-order valence-corrected chi connectivity index (χ3v) is 4.01. The van der Waals surface area contributed by atoms with Gasteiger partial charge in [0.25, 0.3) is 0 Å². The minimum atomic E-state index is -0.606. The highest BCUT2D eigenvalue weighted by atomic mass is 16.5. The van der Waals surface area contributed by atoms with Crippen LogP contribution in [0.3, 0.4) is 0 Å². The molecule has 0 bridgehead atoms. The molecule has 3 aromatic rings. The van der Waals surface area contributed by atoms with Gasteiger partial charge in [-0.1, -0.05) is 25.3 Å². The second-order valence-corrected chi connectivity index (χ2v) is 6.26. The van der Waals surface area contributed by atoms with E-state index < -0.39 is 11.9 Å². The van der Waals surface area contributed by atoms with Gasteiger partial charge in [-0.05, 0) is 43.3 Å². The molecule has 32 heavy (non-hydrogen) atoms. The van der Waals surface area contributed by atoms with Crippen molar-refractivity contribution >= 4 is 11.9 Å². The van der Waals surface area contributed by atoms with Crippen molar-refractivity contribution in [2.75, 3.05) is 6.61 Å². The van der Waals surface area contributed by atoms with Gasteiger partial charge in [0.1, 0.15) is 23.9 Å². The molecule has 1 aromatic heterocycles. The smallest absolute Gasteiger partial charge is 0.335 e. The fourth-order valence-electron chi connectivity index (χ4n) is 2.52. The van der Waals surface area contributed by atoms with E-state index in [2.05, 4.69) is 23.4 Å². The summed E-state index contributed by atoms with van der Waals surface area (Å²) in [5.41, 5.74) is 1.13. The first-order valence-electron chi connectivity index (χ1n) is 9.54. The van der Waals surface area contributed by atoms with Crippen molar-refractivity contribution in [1.29, 1.82) is 0 Å². The fourth-order valence-corrected chi connectivity index (χ4v) is 2.52. The summed E-state index contributed by atoms with van der Waals surface area (Å²) < 4.78 is 21.7. The summed E-state index contributed by atoms with van der Waals surface area (Å²) in [4.78, 5) is 22.9. The molecule has 0 fully saturated rings. The predicted molar refractivity (Wildman–Crippen MR) is 117 cm³/mol. The predicted octanol–water partition coefficient (Wildman–Crippen LogP) is 4.54. The third kappa shape index (κ3) is 5.79. The van der Waals surface area contributed by atoms with E-state index >= 15 is 0 Å². The van der Waals surface area contributed by atoms with E-state index in [4.69, 9.17) is 18.6 Å². The second-order valence-electron chi connectivity index (χ2n) is 6.26. The number of nitrogens with zero attached hydrogens (tertiary/aromatic N) is 2. The Balaban J connectivity index is 1.87. The van der Waals surface area contributed by atoms with Gasteiger partial charge in [0.2, 0.25) is 11.8 Å². The first-order valence-corrected chi connectivity index (χ1v) is 9.54. The SMILES string of the molecule is C=CC(=O)Oc1ccc(-c2nnc(-c3cc(OCC=CC)cc(OC(=O)C=C)c3)o2)cc1. The first kappa shape index (κ1) is 22.2. The summed E-state index contributed by atoms with van der Waals surface area (Å²) in [6.07, 6.45) is 5.84. The van der Waals surface area contributed by atoms with E-state index in [0.717, 1.165) is 12.2 Å². The standard InChI is InChI=1S/C24H20N2O6/c1-4-7-12-29-19-13-17(14-20(15-19)31-22(28)6-3)24-26-25-23(32-24)16-8-10-18(11-9-16)30-21(27)5-2/h4-11,13-15H,2-3,12H2,1H3. The lowest BCUT2D eigenvalue weighted by Crippen LogP contribution is -2.04. The number of carbonyl (C=O) groups excluding carboxylic acids is 2. The molecule has 0 aliphatic carbocycles. The molecule has 0 saturated carbocycles. The minimum Gasteiger partial charge on any atom is -0.489 e. The average molecular weight is 432 g/mol. The molecule has 8 heteroatoms. The number of allylic oxidation sites excluding steroid dienone is 1. The molecule has 0 saturated heterocycles. The van der Waals surface area contributed by atoms with Crippen LogP contribution in [0, 0.1) is 0 Å². The summed E-state index contributed by atoms with van der Waals surface area (Å²) in [6, 6.07) is 11.4. The van der Waals surface area contributed by atoms with Crippen LogP contribution in [0.1, 0.15) is 6.92 Å². The molecule has 0 unspecified atom stereocenters. The summed E-state index contributed by atoms with van der Waals surface area (Å²) in [5, 5.41) is 8.14. The molecule has 0 aliphatic rings. The number of hydrogen-bond donors (Lipinski definition) is 0. The van der Waals surface area contributed by atoms with Crippen LogP contribution < -0.4 is 14.2 Å². The highest BCUT2D eigenvalue weighted by Gasteiger charge is 2.14. The van der Waals surface area contributed by atoms with Crippen LogP contribution in [-0.4, -0.2) is 28.7 Å². The third-order valence-electron chi connectivity index (χ3n) is 4.01. The van der Waals surface area contributed by atoms with Gasteiger partial charge in [-0.3, -0.25) is 0 Å². The highest BCUT2D eigenvalue weighted by Crippen LogP contribution is 2.31. The van der Waals surface area contributed by atoms with E-state index in [0.29, 0.717) is 29.2 Å². The molecule has 0 aliphatic heterocycles. The molecular weight excluding hydrogens is 412 g/mol. The Morgan fingerprint density at radius 2 is 1.47 bits per heavy atom. The maximum Gasteiger partial charge on any atom is 0.335 e. The van der Waals surface area contributed by atoms with Crippen molar-refractivity contribution < 1.29 is 28.2 Å². The molecule has 0 atom stereocenters. The Morgan fingerprint density at radius 3 is 2.09 bits per heavy atom. The molecule has 8 nitrogen and oxygen atoms in total. The minimum absolute atomic E-state index is 0.203. The molecule has 0 N–H and O–H groups in total. The molecule has 0 amide bonds. The number of hydrogen-bond acceptors (Lipinski definition) is 8. The number of benzene rings is 2. The van der Waals surface area contributed by atoms with E-state index in [9.17, 15) is 9.59 Å². The zero-order valence-electron chi connectivity index (χ0n) is 17.3. The molecule has 2 aromatic carbocycles. The molecule has 0 radical (unpaired) electrons. The first-order chi connectivity index (χ1) is 15.5. The van der Waals surface area contributed by atoms with E-state index in [1.807, 2.05) is 19.1 Å². The summed E-state index contributed by atoms with van der Waals surface area (Å²) in [6.45, 7) is 8.97. The Morgan fingerprint density at radius 1 is 0.875 bits per heavy atom. The van der Waals surface area contributed by atoms with Crippen LogP contribution in [0.25, 0.3) is 22.9 Å². The van der Waals surface area contributed by atoms with Crippen LogP contribution in [-0.2, 0) is 9.59 Å². The van der Waals surface area contributed by atoms with Gasteiger partial charge < -0.3 is 18.6 Å². The normalized spacial score (nSPS) is 10.5. The summed E-state index contributed by atoms with van der Waals surface area (Å²) >= 11 is 0. The van der Waals surface area contributed by atoms with Crippen molar-refractivity contribution in [3.05, 3.63) is 79.9 Å². The largest absolute Gasteiger partial charge is 0.489 e. The van der Waals surface area contributed by atoms with Gasteiger partial charge in [0.15, 0.2) is 0 Å². The number of rotatable bonds is 9. The average Bonchev–Trinajstić information content (AvgIpc) is 3.30. The Labute approximate surface area is 184 Å². The van der Waals surface area contributed by atoms with Gasteiger partial charge >= 0.3 is 11.9 Å². The lowest BCUT2D eigenvalue weighted by atomic mass is 10.2. The van der Waals surface area contributed by atoms with Crippen LogP contribution in [0.4, 0.5) is 0 Å². The van der Waals surface area contributed by atoms with Crippen molar-refractivity contribution in [2.45, 2.75) is 6.92 Å². The Bertz CT molecular complexity index is 1160. The number of ether oxygens (including phenoxy) is 3. The monoisotopic (exact) mass is 432 g/mol. The van der Waals surface area contributed by atoms with E-state index in [1.165, 1.54) is 0 Å². The van der Waals surface area contributed by atoms with Gasteiger partial charge in [0, 0.05) is 29.3 Å². The van der Waals surface area contributed by atoms with Crippen molar-refractivity contribution in [3.8, 4) is 40.2 Å². The van der Waals surface area contributed by atoms with Crippen LogP contribution in [0.5, 0.6) is 17.2 Å². The van der Waals surface area contributed by atoms with E-state index in [1.54, 1.807) is 42.5 Å². The van der Waals surface area contributed by atoms with Crippen LogP contribution >= 0.6 is 0 Å². The van der Waals surface area contributed by atoms with Crippen LogP contribution in [0.15, 0.2) is 84.3 Å². The molecule has 162 valence electrons. The van der Waals surface area contributed by atoms with Gasteiger partial charge in [-0.2, -0.15) is 0 Å². The maximum absolute atomic E-state index is 11.6. The molecule has 3 rings (SSSR count). The lowest BCUT2D eigenvalue weighted by molar-refractivity contribution is -0.129. The van der Waals surface area contributed by atoms with E-state index in [-0.39, 0.29) is 17.5 Å². The zero-order chi connectivity index (χ0) is 22.9. The number of esters is 2. The number of aromatic nitrogens is 2. The van der Waals surface area contributed by atoms with Gasteiger partial charge in [-0.15, -0.1) is 10.2 Å². The lowest BCUT2D eigenvalue weighted by Gasteiger charge is -2.08. The second kappa shape index (κ2) is 10.5.